The van der Waals surface area contributed by atoms with Crippen molar-refractivity contribution < 1.29 is 4.79 Å². The first-order valence-corrected chi connectivity index (χ1v) is 7.99. The number of nitrogens with zero attached hydrogens (tertiary/aromatic N) is 3. The highest BCUT2D eigenvalue weighted by atomic mass is 16.2. The highest BCUT2D eigenvalue weighted by molar-refractivity contribution is 6.00. The molecule has 4 rings (SSSR count). The lowest BCUT2D eigenvalue weighted by Crippen LogP contribution is -2.20. The number of amides is 1. The molecule has 0 aliphatic heterocycles. The highest BCUT2D eigenvalue weighted by Gasteiger charge is 2.15. The van der Waals surface area contributed by atoms with Crippen molar-refractivity contribution in [2.75, 3.05) is 0 Å². The quantitative estimate of drug-likeness (QED) is 0.462. The van der Waals surface area contributed by atoms with Crippen molar-refractivity contribution in [2.45, 2.75) is 6.92 Å². The number of pyridine rings is 1. The molecule has 0 fully saturated rings. The van der Waals surface area contributed by atoms with Crippen molar-refractivity contribution in [3.63, 3.8) is 0 Å². The van der Waals surface area contributed by atoms with E-state index in [1.165, 1.54) is 0 Å². The lowest BCUT2D eigenvalue weighted by molar-refractivity contribution is 0.0948. The van der Waals surface area contributed by atoms with Gasteiger partial charge in [-0.15, -0.1) is 0 Å². The molecule has 0 spiro atoms. The molecule has 5 heteroatoms. The summed E-state index contributed by atoms with van der Waals surface area (Å²) < 4.78 is 1.76. The van der Waals surface area contributed by atoms with E-state index in [1.54, 1.807) is 10.6 Å². The number of aryl methyl sites for hydroxylation is 1. The fourth-order valence-electron chi connectivity index (χ4n) is 2.96. The molecule has 2 aromatic heterocycles. The Kier molecular flexibility index (Phi) is 3.74. The molecule has 0 saturated carbocycles. The van der Waals surface area contributed by atoms with Gasteiger partial charge in [0.2, 0.25) is 0 Å². The Bertz CT molecular complexity index is 1110. The lowest BCUT2D eigenvalue weighted by Gasteiger charge is -2.03. The Hall–Kier alpha value is -3.47. The van der Waals surface area contributed by atoms with Crippen LogP contribution in [0.2, 0.25) is 0 Å². The summed E-state index contributed by atoms with van der Waals surface area (Å²) in [5.74, 6) is -0.285. The van der Waals surface area contributed by atoms with Crippen LogP contribution in [0.25, 0.3) is 16.4 Å². The average Bonchev–Trinajstić information content (AvgIpc) is 2.97. The normalized spacial score (nSPS) is 11.4. The van der Waals surface area contributed by atoms with Crippen LogP contribution in [0.5, 0.6) is 0 Å². The maximum atomic E-state index is 12.5. The largest absolute Gasteiger partial charge is 0.295 e. The first-order valence-electron chi connectivity index (χ1n) is 7.99. The summed E-state index contributed by atoms with van der Waals surface area (Å²) in [5.41, 5.74) is 5.45. The third-order valence-corrected chi connectivity index (χ3v) is 4.11. The van der Waals surface area contributed by atoms with E-state index in [-0.39, 0.29) is 5.91 Å². The van der Waals surface area contributed by atoms with Crippen LogP contribution in [0.15, 0.2) is 72.0 Å². The van der Waals surface area contributed by atoms with Gasteiger partial charge in [0, 0.05) is 11.8 Å². The Morgan fingerprint density at radius 1 is 1.08 bits per heavy atom. The lowest BCUT2D eigenvalue weighted by atomic mass is 10.1. The molecule has 25 heavy (non-hydrogen) atoms. The van der Waals surface area contributed by atoms with Crippen molar-refractivity contribution in [3.05, 3.63) is 83.8 Å². The van der Waals surface area contributed by atoms with E-state index >= 15 is 0 Å². The van der Waals surface area contributed by atoms with Crippen LogP contribution >= 0.6 is 0 Å². The molecule has 2 heterocycles. The standard InChI is InChI=1S/C20H16N4O/c1-14-19(24-12-5-4-11-18(24)22-14)20(25)23-21-13-16-9-6-8-15-7-2-3-10-17(15)16/h2-13H,1H3,(H,23,25). The molecule has 0 radical (unpaired) electrons. The molecule has 2 aromatic carbocycles. The number of imidazole rings is 1. The molecule has 5 nitrogen and oxygen atoms in total. The fourth-order valence-corrected chi connectivity index (χ4v) is 2.96. The third kappa shape index (κ3) is 2.76. The fraction of sp³-hybridized carbons (Fsp3) is 0.0500. The number of nitrogens with one attached hydrogen (secondary N) is 1. The summed E-state index contributed by atoms with van der Waals surface area (Å²) >= 11 is 0. The van der Waals surface area contributed by atoms with Gasteiger partial charge in [0.15, 0.2) is 0 Å². The SMILES string of the molecule is Cc1nc2ccccn2c1C(=O)NN=Cc1cccc2ccccc12. The van der Waals surface area contributed by atoms with Gasteiger partial charge in [-0.2, -0.15) is 5.10 Å². The minimum absolute atomic E-state index is 0.285. The van der Waals surface area contributed by atoms with Crippen LogP contribution in [0.3, 0.4) is 0 Å². The summed E-state index contributed by atoms with van der Waals surface area (Å²) in [6.45, 7) is 1.82. The molecular weight excluding hydrogens is 312 g/mol. The topological polar surface area (TPSA) is 58.8 Å². The van der Waals surface area contributed by atoms with Crippen LogP contribution in [0.1, 0.15) is 21.7 Å². The van der Waals surface area contributed by atoms with Gasteiger partial charge in [-0.05, 0) is 29.8 Å². The maximum absolute atomic E-state index is 12.5. The number of rotatable bonds is 3. The van der Waals surface area contributed by atoms with Gasteiger partial charge in [0.05, 0.1) is 11.9 Å². The summed E-state index contributed by atoms with van der Waals surface area (Å²) in [7, 11) is 0. The van der Waals surface area contributed by atoms with Gasteiger partial charge in [-0.25, -0.2) is 10.4 Å². The van der Waals surface area contributed by atoms with Crippen molar-refractivity contribution in [1.29, 1.82) is 0 Å². The Morgan fingerprint density at radius 2 is 1.88 bits per heavy atom. The van der Waals surface area contributed by atoms with Gasteiger partial charge in [-0.3, -0.25) is 9.20 Å². The number of hydrogen-bond acceptors (Lipinski definition) is 3. The first-order chi connectivity index (χ1) is 12.2. The maximum Gasteiger partial charge on any atom is 0.290 e. The van der Waals surface area contributed by atoms with E-state index in [4.69, 9.17) is 0 Å². The zero-order chi connectivity index (χ0) is 17.2. The molecule has 122 valence electrons. The monoisotopic (exact) mass is 328 g/mol. The zero-order valence-corrected chi connectivity index (χ0v) is 13.7. The number of hydrogen-bond donors (Lipinski definition) is 1. The molecule has 0 saturated heterocycles. The minimum atomic E-state index is -0.285. The van der Waals surface area contributed by atoms with Crippen LogP contribution in [-0.4, -0.2) is 21.5 Å². The van der Waals surface area contributed by atoms with Crippen LogP contribution < -0.4 is 5.43 Å². The summed E-state index contributed by atoms with van der Waals surface area (Å²) in [6, 6.07) is 19.7. The summed E-state index contributed by atoms with van der Waals surface area (Å²) in [4.78, 5) is 16.9. The van der Waals surface area contributed by atoms with Crippen molar-refractivity contribution in [2.24, 2.45) is 5.10 Å². The molecule has 0 aliphatic rings. The molecule has 0 unspecified atom stereocenters. The van der Waals surface area contributed by atoms with Gasteiger partial charge in [0.25, 0.3) is 5.91 Å². The predicted octanol–water partition coefficient (Wildman–Crippen LogP) is 3.56. The predicted molar refractivity (Wildman–Crippen MR) is 98.9 cm³/mol. The van der Waals surface area contributed by atoms with E-state index in [1.807, 2.05) is 73.8 Å². The van der Waals surface area contributed by atoms with Gasteiger partial charge in [-0.1, -0.05) is 48.5 Å². The first kappa shape index (κ1) is 15.1. The number of benzene rings is 2. The van der Waals surface area contributed by atoms with Gasteiger partial charge < -0.3 is 0 Å². The number of carbonyl (C=O) groups is 1. The van der Waals surface area contributed by atoms with Gasteiger partial charge >= 0.3 is 0 Å². The Morgan fingerprint density at radius 3 is 2.80 bits per heavy atom. The molecular formula is C20H16N4O. The van der Waals surface area contributed by atoms with E-state index in [2.05, 4.69) is 15.5 Å². The van der Waals surface area contributed by atoms with Crippen molar-refractivity contribution in [1.82, 2.24) is 14.8 Å². The van der Waals surface area contributed by atoms with E-state index in [0.717, 1.165) is 22.0 Å². The van der Waals surface area contributed by atoms with E-state index in [0.29, 0.717) is 11.4 Å². The average molecular weight is 328 g/mol. The van der Waals surface area contributed by atoms with Crippen LogP contribution in [0, 0.1) is 6.92 Å². The highest BCUT2D eigenvalue weighted by Crippen LogP contribution is 2.17. The minimum Gasteiger partial charge on any atom is -0.295 e. The van der Waals surface area contributed by atoms with Crippen molar-refractivity contribution in [3.8, 4) is 0 Å². The second-order valence-corrected chi connectivity index (χ2v) is 5.74. The number of fused-ring (bicyclic) bond motifs is 2. The molecule has 1 N–H and O–H groups in total. The van der Waals surface area contributed by atoms with Crippen LogP contribution in [0.4, 0.5) is 0 Å². The molecule has 0 bridgehead atoms. The van der Waals surface area contributed by atoms with E-state index in [9.17, 15) is 4.79 Å². The number of aromatic nitrogens is 2. The van der Waals surface area contributed by atoms with Gasteiger partial charge in [0.1, 0.15) is 11.3 Å². The zero-order valence-electron chi connectivity index (χ0n) is 13.7. The van der Waals surface area contributed by atoms with E-state index < -0.39 is 0 Å². The second-order valence-electron chi connectivity index (χ2n) is 5.74. The van der Waals surface area contributed by atoms with Crippen LogP contribution in [-0.2, 0) is 0 Å². The Balaban J connectivity index is 1.61. The number of hydrazone groups is 1. The summed E-state index contributed by atoms with van der Waals surface area (Å²) in [6.07, 6.45) is 3.48. The Labute approximate surface area is 144 Å². The summed E-state index contributed by atoms with van der Waals surface area (Å²) in [5, 5.41) is 6.36. The molecule has 0 aliphatic carbocycles. The molecule has 0 atom stereocenters. The van der Waals surface area contributed by atoms with Crippen molar-refractivity contribution >= 4 is 28.5 Å². The molecule has 4 aromatic rings. The molecule has 1 amide bonds. The second kappa shape index (κ2) is 6.20. The smallest absolute Gasteiger partial charge is 0.290 e. The third-order valence-electron chi connectivity index (χ3n) is 4.11. The number of carbonyl (C=O) groups excluding carboxylic acids is 1.